The van der Waals surface area contributed by atoms with Gasteiger partial charge in [0.05, 0.1) is 0 Å². The molecule has 7 nitrogen and oxygen atoms in total. The van der Waals surface area contributed by atoms with Crippen molar-refractivity contribution in [2.45, 2.75) is 31.9 Å². The summed E-state index contributed by atoms with van der Waals surface area (Å²) < 4.78 is 25.0. The number of nitrogens with one attached hydrogen (secondary N) is 2. The van der Waals surface area contributed by atoms with Gasteiger partial charge in [-0.2, -0.15) is 0 Å². The normalized spacial score (nSPS) is 12.4. The number of benzene rings is 1. The third-order valence-corrected chi connectivity index (χ3v) is 6.50. The van der Waals surface area contributed by atoms with E-state index in [1.54, 1.807) is 24.4 Å². The molecule has 9 heteroatoms. The lowest BCUT2D eigenvalue weighted by Gasteiger charge is -2.15. The Morgan fingerprint density at radius 1 is 1.15 bits per heavy atom. The summed E-state index contributed by atoms with van der Waals surface area (Å²) in [6.07, 6.45) is 2.44. The molecule has 0 radical (unpaired) electrons. The summed E-state index contributed by atoms with van der Waals surface area (Å²) in [6.45, 7) is 3.60. The number of anilines is 2. The molecular formula is C17H21N3O4S2. The van der Waals surface area contributed by atoms with Gasteiger partial charge in [-0.05, 0) is 30.5 Å². The lowest BCUT2D eigenvalue weighted by atomic mass is 10.1. The van der Waals surface area contributed by atoms with Gasteiger partial charge in [0.2, 0.25) is 11.8 Å². The monoisotopic (exact) mass is 395 g/mol. The van der Waals surface area contributed by atoms with E-state index in [9.17, 15) is 18.0 Å². The molecule has 2 rings (SSSR count). The molecule has 2 N–H and O–H groups in total. The fourth-order valence-corrected chi connectivity index (χ4v) is 4.44. The Bertz CT molecular complexity index is 847. The van der Waals surface area contributed by atoms with Crippen molar-refractivity contribution >= 4 is 43.8 Å². The van der Waals surface area contributed by atoms with Crippen molar-refractivity contribution in [2.75, 3.05) is 16.4 Å². The number of amides is 2. The zero-order valence-electron chi connectivity index (χ0n) is 14.6. The molecule has 0 bridgehead atoms. The molecule has 0 aliphatic heterocycles. The predicted octanol–water partition coefficient (Wildman–Crippen LogP) is 2.48. The van der Waals surface area contributed by atoms with E-state index in [1.807, 2.05) is 19.1 Å². The number of carbonyl (C=O) groups excluding carboxylic acids is 2. The molecule has 0 aliphatic carbocycles. The molecule has 0 spiro atoms. The topological polar surface area (TPSA) is 105 Å². The number of hydrogen-bond donors (Lipinski definition) is 2. The highest BCUT2D eigenvalue weighted by molar-refractivity contribution is 7.93. The molecule has 2 aromatic rings. The van der Waals surface area contributed by atoms with Crippen LogP contribution in [0.2, 0.25) is 0 Å². The molecule has 26 heavy (non-hydrogen) atoms. The number of nitrogens with zero attached hydrogens (tertiary/aromatic N) is 1. The smallest absolute Gasteiger partial charge is 0.244 e. The van der Waals surface area contributed by atoms with Crippen LogP contribution in [0.5, 0.6) is 0 Å². The molecular weight excluding hydrogens is 374 g/mol. The van der Waals surface area contributed by atoms with E-state index in [2.05, 4.69) is 15.6 Å². The van der Waals surface area contributed by atoms with Gasteiger partial charge in [0.25, 0.3) is 0 Å². The largest absolute Gasteiger partial charge is 0.325 e. The minimum Gasteiger partial charge on any atom is -0.325 e. The molecule has 1 aromatic carbocycles. The number of aromatic nitrogens is 1. The maximum absolute atomic E-state index is 12.5. The Morgan fingerprint density at radius 2 is 1.85 bits per heavy atom. The van der Waals surface area contributed by atoms with Crippen LogP contribution in [0.25, 0.3) is 0 Å². The van der Waals surface area contributed by atoms with Gasteiger partial charge in [-0.15, -0.1) is 11.3 Å². The van der Waals surface area contributed by atoms with Crippen LogP contribution >= 0.6 is 11.3 Å². The van der Waals surface area contributed by atoms with Gasteiger partial charge in [-0.3, -0.25) is 9.59 Å². The summed E-state index contributed by atoms with van der Waals surface area (Å²) >= 11 is 1.19. The molecule has 140 valence electrons. The fraction of sp³-hybridized carbons (Fsp3) is 0.353. The van der Waals surface area contributed by atoms with Crippen molar-refractivity contribution < 1.29 is 18.0 Å². The van der Waals surface area contributed by atoms with E-state index < -0.39 is 32.7 Å². The van der Waals surface area contributed by atoms with Crippen LogP contribution in [-0.4, -0.2) is 36.2 Å². The first-order valence-electron chi connectivity index (χ1n) is 8.16. The second kappa shape index (κ2) is 8.91. The Balaban J connectivity index is 2.01. The number of rotatable bonds is 8. The molecule has 0 saturated heterocycles. The van der Waals surface area contributed by atoms with E-state index in [0.29, 0.717) is 10.8 Å². The van der Waals surface area contributed by atoms with Crippen molar-refractivity contribution in [2.24, 2.45) is 0 Å². The standard InChI is InChI=1S/C17H21N3O4S2/c1-3-12-5-7-13(8-6-12)19-15(21)11-26(23,24)14(4-2)16(22)20-17-18-9-10-25-17/h5-10,14H,3-4,11H2,1-2H3,(H,19,21)(H,18,20,22). The number of thiazole rings is 1. The molecule has 1 unspecified atom stereocenters. The van der Waals surface area contributed by atoms with Gasteiger partial charge in [-0.1, -0.05) is 26.0 Å². The first kappa shape index (κ1) is 20.1. The third-order valence-electron chi connectivity index (χ3n) is 3.74. The lowest BCUT2D eigenvalue weighted by molar-refractivity contribution is -0.115. The maximum atomic E-state index is 12.5. The molecule has 0 aliphatic rings. The van der Waals surface area contributed by atoms with Crippen molar-refractivity contribution in [1.29, 1.82) is 0 Å². The number of aryl methyl sites for hydroxylation is 1. The highest BCUT2D eigenvalue weighted by atomic mass is 32.2. The van der Waals surface area contributed by atoms with Gasteiger partial charge in [0.15, 0.2) is 15.0 Å². The van der Waals surface area contributed by atoms with Crippen molar-refractivity contribution in [3.63, 3.8) is 0 Å². The first-order chi connectivity index (χ1) is 12.4. The van der Waals surface area contributed by atoms with E-state index in [-0.39, 0.29) is 6.42 Å². The minimum absolute atomic E-state index is 0.0675. The van der Waals surface area contributed by atoms with Crippen LogP contribution in [0.4, 0.5) is 10.8 Å². The van der Waals surface area contributed by atoms with Crippen LogP contribution < -0.4 is 10.6 Å². The quantitative estimate of drug-likeness (QED) is 0.714. The lowest BCUT2D eigenvalue weighted by Crippen LogP contribution is -2.39. The highest BCUT2D eigenvalue weighted by Crippen LogP contribution is 2.16. The van der Waals surface area contributed by atoms with Crippen LogP contribution in [0.15, 0.2) is 35.8 Å². The van der Waals surface area contributed by atoms with Gasteiger partial charge in [0, 0.05) is 17.3 Å². The van der Waals surface area contributed by atoms with Gasteiger partial charge < -0.3 is 10.6 Å². The summed E-state index contributed by atoms with van der Waals surface area (Å²) in [5.41, 5.74) is 1.63. The number of hydrogen-bond acceptors (Lipinski definition) is 6. The van der Waals surface area contributed by atoms with Crippen LogP contribution in [0, 0.1) is 0 Å². The van der Waals surface area contributed by atoms with Crippen molar-refractivity contribution in [3.8, 4) is 0 Å². The number of sulfone groups is 1. The summed E-state index contributed by atoms with van der Waals surface area (Å²) in [5, 5.41) is 5.71. The van der Waals surface area contributed by atoms with Gasteiger partial charge in [-0.25, -0.2) is 13.4 Å². The van der Waals surface area contributed by atoms with E-state index in [1.165, 1.54) is 17.5 Å². The van der Waals surface area contributed by atoms with E-state index >= 15 is 0 Å². The van der Waals surface area contributed by atoms with E-state index in [4.69, 9.17) is 0 Å². The first-order valence-corrected chi connectivity index (χ1v) is 10.8. The number of carbonyl (C=O) groups is 2. The Hall–Kier alpha value is -2.26. The van der Waals surface area contributed by atoms with Crippen LogP contribution in [-0.2, 0) is 25.8 Å². The second-order valence-corrected chi connectivity index (χ2v) is 8.71. The zero-order valence-corrected chi connectivity index (χ0v) is 16.2. The van der Waals surface area contributed by atoms with Gasteiger partial charge in [0.1, 0.15) is 11.0 Å². The summed E-state index contributed by atoms with van der Waals surface area (Å²) in [6, 6.07) is 7.16. The Labute approximate surface area is 156 Å². The average molecular weight is 396 g/mol. The van der Waals surface area contributed by atoms with Crippen LogP contribution in [0.3, 0.4) is 0 Å². The molecule has 0 fully saturated rings. The van der Waals surface area contributed by atoms with Gasteiger partial charge >= 0.3 is 0 Å². The minimum atomic E-state index is -3.95. The SMILES string of the molecule is CCc1ccc(NC(=O)CS(=O)(=O)C(CC)C(=O)Nc2nccs2)cc1. The van der Waals surface area contributed by atoms with Crippen molar-refractivity contribution in [1.82, 2.24) is 4.98 Å². The fourth-order valence-electron chi connectivity index (χ4n) is 2.38. The molecule has 1 heterocycles. The summed E-state index contributed by atoms with van der Waals surface area (Å²) in [5.74, 6) is -2.11. The zero-order chi connectivity index (χ0) is 19.2. The summed E-state index contributed by atoms with van der Waals surface area (Å²) in [7, 11) is -3.95. The van der Waals surface area contributed by atoms with Crippen molar-refractivity contribution in [3.05, 3.63) is 41.4 Å². The Morgan fingerprint density at radius 3 is 2.38 bits per heavy atom. The van der Waals surface area contributed by atoms with Crippen LogP contribution in [0.1, 0.15) is 25.8 Å². The third kappa shape index (κ3) is 5.37. The second-order valence-electron chi connectivity index (χ2n) is 5.63. The molecule has 1 aromatic heterocycles. The molecule has 2 amide bonds. The predicted molar refractivity (Wildman–Crippen MR) is 103 cm³/mol. The molecule has 0 saturated carbocycles. The average Bonchev–Trinajstić information content (AvgIpc) is 3.08. The Kier molecular flexibility index (Phi) is 6.87. The summed E-state index contributed by atoms with van der Waals surface area (Å²) in [4.78, 5) is 28.3. The highest BCUT2D eigenvalue weighted by Gasteiger charge is 2.33. The van der Waals surface area contributed by atoms with E-state index in [0.717, 1.165) is 12.0 Å². The molecule has 1 atom stereocenters. The maximum Gasteiger partial charge on any atom is 0.244 e.